The molecule has 1 aliphatic rings. The first kappa shape index (κ1) is 22.4. The van der Waals surface area contributed by atoms with E-state index in [-0.39, 0.29) is 5.91 Å². The number of aromatic amines is 1. The van der Waals surface area contributed by atoms with Crippen LogP contribution in [0.25, 0.3) is 22.2 Å². The minimum absolute atomic E-state index is 0.224. The molecule has 0 aliphatic carbocycles. The van der Waals surface area contributed by atoms with E-state index >= 15 is 0 Å². The number of aliphatic hydroxyl groups is 1. The zero-order valence-corrected chi connectivity index (χ0v) is 17.5. The second kappa shape index (κ2) is 10.2. The van der Waals surface area contributed by atoms with Gasteiger partial charge in [-0.2, -0.15) is 4.89 Å². The molecule has 0 spiro atoms. The monoisotopic (exact) mass is 430 g/mol. The lowest BCUT2D eigenvalue weighted by atomic mass is 10.00. The third kappa shape index (κ3) is 5.26. The minimum Gasteiger partial charge on any atom is -0.354 e. The van der Waals surface area contributed by atoms with Crippen LogP contribution >= 0.6 is 0 Å². The van der Waals surface area contributed by atoms with Gasteiger partial charge in [-0.1, -0.05) is 29.7 Å². The van der Waals surface area contributed by atoms with Gasteiger partial charge in [0.25, 0.3) is 5.91 Å². The minimum atomic E-state index is -0.433. The van der Waals surface area contributed by atoms with Gasteiger partial charge in [0.15, 0.2) is 6.61 Å². The van der Waals surface area contributed by atoms with Gasteiger partial charge in [0, 0.05) is 35.6 Å². The number of carbonyl (C=O) groups excluding carboxylic acids is 2. The summed E-state index contributed by atoms with van der Waals surface area (Å²) in [5.41, 5.74) is 7.94. The Morgan fingerprint density at radius 3 is 2.61 bits per heavy atom. The molecule has 4 N–H and O–H groups in total. The maximum atomic E-state index is 13.9. The predicted molar refractivity (Wildman–Crippen MR) is 113 cm³/mol. The van der Waals surface area contributed by atoms with Gasteiger partial charge in [-0.25, -0.2) is 9.18 Å². The summed E-state index contributed by atoms with van der Waals surface area (Å²) < 4.78 is 13.9. The molecule has 2 aromatic carbocycles. The van der Waals surface area contributed by atoms with E-state index in [1.165, 1.54) is 26.2 Å². The highest BCUT2D eigenvalue weighted by atomic mass is 19.1. The van der Waals surface area contributed by atoms with Crippen molar-refractivity contribution < 1.29 is 28.6 Å². The second-order valence-corrected chi connectivity index (χ2v) is 6.84. The molecule has 8 nitrogen and oxygen atoms in total. The summed E-state index contributed by atoms with van der Waals surface area (Å²) in [7, 11) is 3.06. The Morgan fingerprint density at radius 2 is 2.00 bits per heavy atom. The highest BCUT2D eigenvalue weighted by molar-refractivity contribution is 6.10. The smallest absolute Gasteiger partial charge is 0.339 e. The Kier molecular flexibility index (Phi) is 7.35. The fraction of sp³-hybridized carbons (Fsp3) is 0.273. The number of carbonyl (C=O) groups is 2. The normalized spacial score (nSPS) is 12.6. The van der Waals surface area contributed by atoms with E-state index in [4.69, 9.17) is 0 Å². The summed E-state index contributed by atoms with van der Waals surface area (Å²) in [6.45, 7) is 2.40. The molecule has 31 heavy (non-hydrogen) atoms. The average molecular weight is 430 g/mol. The van der Waals surface area contributed by atoms with Crippen LogP contribution in [0, 0.1) is 5.82 Å². The Hall–Kier alpha value is -3.27. The number of rotatable bonds is 5. The van der Waals surface area contributed by atoms with Crippen LogP contribution in [0.2, 0.25) is 0 Å². The van der Waals surface area contributed by atoms with Crippen molar-refractivity contribution in [2.75, 3.05) is 20.7 Å². The van der Waals surface area contributed by atoms with Gasteiger partial charge >= 0.3 is 5.97 Å². The number of benzene rings is 2. The molecule has 1 amide bonds. The summed E-state index contributed by atoms with van der Waals surface area (Å²) in [5.74, 6) is -1.07. The summed E-state index contributed by atoms with van der Waals surface area (Å²) >= 11 is 0. The summed E-state index contributed by atoms with van der Waals surface area (Å²) in [6.07, 6.45) is 0.705. The van der Waals surface area contributed by atoms with E-state index in [1.807, 2.05) is 24.3 Å². The fourth-order valence-corrected chi connectivity index (χ4v) is 3.50. The number of hydroxylamine groups is 1. The molecule has 0 atom stereocenters. The molecule has 1 aliphatic heterocycles. The van der Waals surface area contributed by atoms with Crippen LogP contribution in [0.1, 0.15) is 28.4 Å². The number of amides is 1. The van der Waals surface area contributed by atoms with Crippen molar-refractivity contribution in [3.8, 4) is 11.3 Å². The third-order valence-corrected chi connectivity index (χ3v) is 4.73. The van der Waals surface area contributed by atoms with Crippen LogP contribution in [0.5, 0.6) is 0 Å². The van der Waals surface area contributed by atoms with Crippen molar-refractivity contribution in [3.63, 3.8) is 0 Å². The first-order valence-corrected chi connectivity index (χ1v) is 9.70. The van der Waals surface area contributed by atoms with Crippen molar-refractivity contribution >= 4 is 22.8 Å². The lowest BCUT2D eigenvalue weighted by Crippen LogP contribution is -2.23. The molecule has 0 saturated carbocycles. The Balaban J connectivity index is 0.000000401. The number of hydrogen-bond acceptors (Lipinski definition) is 5. The molecule has 0 bridgehead atoms. The average Bonchev–Trinajstić information content (AvgIpc) is 3.01. The maximum absolute atomic E-state index is 13.9. The third-order valence-electron chi connectivity index (χ3n) is 4.73. The highest BCUT2D eigenvalue weighted by Gasteiger charge is 2.23. The van der Waals surface area contributed by atoms with Crippen LogP contribution in [0.3, 0.4) is 0 Å². The lowest BCUT2D eigenvalue weighted by molar-refractivity contribution is -0.252. The van der Waals surface area contributed by atoms with E-state index in [0.29, 0.717) is 30.7 Å². The van der Waals surface area contributed by atoms with Gasteiger partial charge < -0.3 is 15.1 Å². The largest absolute Gasteiger partial charge is 0.354 e. The predicted octanol–water partition coefficient (Wildman–Crippen LogP) is 2.53. The zero-order chi connectivity index (χ0) is 22.4. The SMILES string of the molecule is CN[OH+]Cc1ccc(-c2[nH]c3cc(F)cc4c3c2CCNC4=O)cc1.COOC(C)=O. The van der Waals surface area contributed by atoms with Crippen LogP contribution in [-0.2, 0) is 27.6 Å². The summed E-state index contributed by atoms with van der Waals surface area (Å²) in [4.78, 5) is 37.2. The Morgan fingerprint density at radius 1 is 1.26 bits per heavy atom. The van der Waals surface area contributed by atoms with Crippen LogP contribution in [0.4, 0.5) is 4.39 Å². The van der Waals surface area contributed by atoms with E-state index in [1.54, 1.807) is 7.05 Å². The molecule has 0 radical (unpaired) electrons. The quantitative estimate of drug-likeness (QED) is 0.328. The van der Waals surface area contributed by atoms with Gasteiger partial charge in [-0.3, -0.25) is 9.68 Å². The van der Waals surface area contributed by atoms with Crippen molar-refractivity contribution in [2.24, 2.45) is 0 Å². The molecule has 2 heterocycles. The van der Waals surface area contributed by atoms with Gasteiger partial charge in [0.05, 0.1) is 19.7 Å². The zero-order valence-electron chi connectivity index (χ0n) is 17.5. The molecule has 9 heteroatoms. The van der Waals surface area contributed by atoms with Crippen LogP contribution < -0.4 is 10.8 Å². The van der Waals surface area contributed by atoms with Crippen molar-refractivity contribution in [1.82, 2.24) is 15.8 Å². The van der Waals surface area contributed by atoms with Crippen molar-refractivity contribution in [1.29, 1.82) is 0 Å². The maximum Gasteiger partial charge on any atom is 0.339 e. The molecular formula is C22H25FN3O5+. The molecule has 0 fully saturated rings. The number of aromatic nitrogens is 1. The Bertz CT molecular complexity index is 1080. The highest BCUT2D eigenvalue weighted by Crippen LogP contribution is 2.34. The topological polar surface area (TPSA) is 105 Å². The number of H-pyrrole nitrogens is 1. The number of nitrogens with one attached hydrogen (secondary N) is 3. The molecule has 164 valence electrons. The van der Waals surface area contributed by atoms with Crippen LogP contribution in [-0.4, -0.2) is 42.4 Å². The van der Waals surface area contributed by atoms with Crippen molar-refractivity contribution in [2.45, 2.75) is 20.0 Å². The first-order chi connectivity index (χ1) is 14.9. The first-order valence-electron chi connectivity index (χ1n) is 9.70. The molecule has 0 saturated heterocycles. The fourth-order valence-electron chi connectivity index (χ4n) is 3.50. The summed E-state index contributed by atoms with van der Waals surface area (Å²) in [5, 5.41) is 3.66. The Labute approximate surface area is 178 Å². The van der Waals surface area contributed by atoms with E-state index in [2.05, 4.69) is 30.4 Å². The summed E-state index contributed by atoms with van der Waals surface area (Å²) in [6, 6.07) is 10.9. The van der Waals surface area contributed by atoms with Gasteiger partial charge in [-0.15, -0.1) is 0 Å². The van der Waals surface area contributed by atoms with E-state index in [9.17, 15) is 14.0 Å². The van der Waals surface area contributed by atoms with Gasteiger partial charge in [0.2, 0.25) is 0 Å². The standard InChI is InChI=1S/C19H18FN3O2.C3H6O3/c1-21-25-10-11-2-4-12(5-3-11)18-14-6-7-22-19(24)15-8-13(20)9-16(23-18)17(14)15;1-3(4)6-5-2/h2-5,8-9,21,23H,6-7,10H2,1H3,(H,22,24);1-2H3/p+1. The molecule has 4 rings (SSSR count). The second-order valence-electron chi connectivity index (χ2n) is 6.84. The number of hydrogen-bond donors (Lipinski definition) is 3. The lowest BCUT2D eigenvalue weighted by Gasteiger charge is -2.05. The molecule has 1 aromatic heterocycles. The van der Waals surface area contributed by atoms with E-state index in [0.717, 1.165) is 27.8 Å². The van der Waals surface area contributed by atoms with Crippen molar-refractivity contribution in [3.05, 3.63) is 58.9 Å². The van der Waals surface area contributed by atoms with Gasteiger partial charge in [-0.05, 0) is 29.7 Å². The molecule has 0 unspecified atom stereocenters. The van der Waals surface area contributed by atoms with E-state index < -0.39 is 11.8 Å². The molecular weight excluding hydrogens is 405 g/mol. The van der Waals surface area contributed by atoms with Gasteiger partial charge in [0.1, 0.15) is 5.82 Å². The molecule has 3 aromatic rings. The van der Waals surface area contributed by atoms with Crippen LogP contribution in [0.15, 0.2) is 36.4 Å². The number of halogens is 1.